The molecule has 0 heterocycles. The van der Waals surface area contributed by atoms with Crippen LogP contribution in [-0.4, -0.2) is 0 Å². The van der Waals surface area contributed by atoms with E-state index >= 15 is 0 Å². The molecule has 0 aliphatic carbocycles. The largest absolute Gasteiger partial charge is 0.192 e. The Balaban J connectivity index is 2.37. The second kappa shape index (κ2) is 7.53. The fraction of sp³-hybridized carbons (Fsp3) is 0.130. The lowest BCUT2D eigenvalue weighted by atomic mass is 10.1. The Morgan fingerprint density at radius 3 is 1.62 bits per heavy atom. The van der Waals surface area contributed by atoms with Crippen molar-refractivity contribution in [1.29, 1.82) is 10.5 Å². The molecule has 3 aromatic rings. The Hall–Kier alpha value is -2.93. The Morgan fingerprint density at radius 2 is 1.12 bits per heavy atom. The van der Waals surface area contributed by atoms with E-state index in [1.165, 1.54) is 22.0 Å². The van der Waals surface area contributed by atoms with E-state index in [9.17, 15) is 10.5 Å². The van der Waals surface area contributed by atoms with Crippen LogP contribution in [0.3, 0.4) is 0 Å². The lowest BCUT2D eigenvalue weighted by Crippen LogP contribution is -2.26. The van der Waals surface area contributed by atoms with Crippen LogP contribution in [0.1, 0.15) is 27.8 Å². The number of aryl methyl sites for hydroxylation is 1. The Morgan fingerprint density at radius 1 is 0.615 bits per heavy atom. The highest BCUT2D eigenvalue weighted by Gasteiger charge is 2.24. The minimum Gasteiger partial charge on any atom is -0.192 e. The molecule has 0 unspecified atom stereocenters. The van der Waals surface area contributed by atoms with E-state index < -0.39 is 7.92 Å². The lowest BCUT2D eigenvalue weighted by molar-refractivity contribution is 1.28. The van der Waals surface area contributed by atoms with Gasteiger partial charge in [-0.3, -0.25) is 0 Å². The molecule has 0 bridgehead atoms. The van der Waals surface area contributed by atoms with Gasteiger partial charge in [0.25, 0.3) is 0 Å². The summed E-state index contributed by atoms with van der Waals surface area (Å²) in [6, 6.07) is 24.4. The summed E-state index contributed by atoms with van der Waals surface area (Å²) in [6.07, 6.45) is 0. The topological polar surface area (TPSA) is 47.6 Å². The van der Waals surface area contributed by atoms with Crippen molar-refractivity contribution in [3.63, 3.8) is 0 Å². The predicted molar refractivity (Wildman–Crippen MR) is 109 cm³/mol. The highest BCUT2D eigenvalue weighted by atomic mass is 31.1. The van der Waals surface area contributed by atoms with Crippen molar-refractivity contribution in [3.05, 3.63) is 88.5 Å². The zero-order valence-electron chi connectivity index (χ0n) is 15.1. The van der Waals surface area contributed by atoms with Crippen LogP contribution in [0.2, 0.25) is 0 Å². The Kier molecular flexibility index (Phi) is 5.18. The van der Waals surface area contributed by atoms with Crippen molar-refractivity contribution in [2.24, 2.45) is 0 Å². The van der Waals surface area contributed by atoms with E-state index in [2.05, 4.69) is 45.0 Å². The summed E-state index contributed by atoms with van der Waals surface area (Å²) < 4.78 is 0. The molecular formula is C23H19N2P. The monoisotopic (exact) mass is 354 g/mol. The average molecular weight is 354 g/mol. The minimum absolute atomic E-state index is 0.670. The normalized spacial score (nSPS) is 10.4. The summed E-state index contributed by atoms with van der Waals surface area (Å²) in [7, 11) is -0.994. The van der Waals surface area contributed by atoms with Crippen molar-refractivity contribution in [2.75, 3.05) is 0 Å². The van der Waals surface area contributed by atoms with Crippen LogP contribution in [0.15, 0.2) is 60.7 Å². The van der Waals surface area contributed by atoms with Gasteiger partial charge in [-0.1, -0.05) is 48.5 Å². The zero-order chi connectivity index (χ0) is 18.7. The summed E-state index contributed by atoms with van der Waals surface area (Å²) in [5, 5.41) is 22.5. The molecule has 0 N–H and O–H groups in total. The van der Waals surface area contributed by atoms with Crippen LogP contribution in [-0.2, 0) is 0 Å². The van der Waals surface area contributed by atoms with Gasteiger partial charge in [-0.25, -0.2) is 0 Å². The quantitative estimate of drug-likeness (QED) is 0.665. The van der Waals surface area contributed by atoms with Crippen LogP contribution in [0.25, 0.3) is 0 Å². The van der Waals surface area contributed by atoms with Crippen LogP contribution in [0.4, 0.5) is 0 Å². The SMILES string of the molecule is Cc1ccc(P(c2ccccc2C#N)c2ccccc2C#N)c(C)c1C. The highest BCUT2D eigenvalue weighted by Crippen LogP contribution is 2.37. The van der Waals surface area contributed by atoms with Gasteiger partial charge in [0, 0.05) is 10.6 Å². The third-order valence-corrected chi connectivity index (χ3v) is 7.51. The first kappa shape index (κ1) is 17.9. The van der Waals surface area contributed by atoms with Gasteiger partial charge in [-0.15, -0.1) is 0 Å². The summed E-state index contributed by atoms with van der Waals surface area (Å²) in [4.78, 5) is 0. The standard InChI is InChI=1S/C23H19N2P/c1-16-12-13-21(18(3)17(16)2)26(22-10-6-4-8-19(22)14-24)23-11-7-5-9-20(23)15-25/h4-13H,1-3H3. The van der Waals surface area contributed by atoms with Gasteiger partial charge in [0.05, 0.1) is 23.3 Å². The van der Waals surface area contributed by atoms with Gasteiger partial charge in [-0.05, 0) is 62.8 Å². The smallest absolute Gasteiger partial charge is 0.0998 e. The molecule has 0 fully saturated rings. The van der Waals surface area contributed by atoms with Crippen LogP contribution in [0.5, 0.6) is 0 Å². The van der Waals surface area contributed by atoms with E-state index in [1.54, 1.807) is 0 Å². The summed E-state index contributed by atoms with van der Waals surface area (Å²) in [6.45, 7) is 6.38. The first-order chi connectivity index (χ1) is 12.6. The molecule has 0 spiro atoms. The summed E-state index contributed by atoms with van der Waals surface area (Å²) >= 11 is 0. The number of benzene rings is 3. The van der Waals surface area contributed by atoms with E-state index in [0.29, 0.717) is 11.1 Å². The van der Waals surface area contributed by atoms with Crippen molar-refractivity contribution in [3.8, 4) is 12.1 Å². The zero-order valence-corrected chi connectivity index (χ0v) is 16.0. The summed E-state index contributed by atoms with van der Waals surface area (Å²) in [5.41, 5.74) is 5.09. The lowest BCUT2D eigenvalue weighted by Gasteiger charge is -2.24. The van der Waals surface area contributed by atoms with Gasteiger partial charge in [0.15, 0.2) is 0 Å². The highest BCUT2D eigenvalue weighted by molar-refractivity contribution is 7.80. The maximum absolute atomic E-state index is 9.65. The molecule has 0 saturated heterocycles. The first-order valence-electron chi connectivity index (χ1n) is 8.43. The molecule has 3 rings (SSSR count). The molecular weight excluding hydrogens is 335 g/mol. The van der Waals surface area contributed by atoms with E-state index in [1.807, 2.05) is 48.5 Å². The van der Waals surface area contributed by atoms with Crippen LogP contribution in [0, 0.1) is 43.4 Å². The molecule has 0 saturated carbocycles. The number of hydrogen-bond donors (Lipinski definition) is 0. The second-order valence-electron chi connectivity index (χ2n) is 6.24. The van der Waals surface area contributed by atoms with Crippen molar-refractivity contribution >= 4 is 23.8 Å². The molecule has 3 heteroatoms. The van der Waals surface area contributed by atoms with Crippen molar-refractivity contribution in [1.82, 2.24) is 0 Å². The van der Waals surface area contributed by atoms with Crippen LogP contribution >= 0.6 is 7.92 Å². The molecule has 0 atom stereocenters. The number of rotatable bonds is 3. The molecule has 0 aromatic heterocycles. The number of hydrogen-bond acceptors (Lipinski definition) is 2. The molecule has 0 aliphatic rings. The van der Waals surface area contributed by atoms with Gasteiger partial charge >= 0.3 is 0 Å². The molecule has 126 valence electrons. The van der Waals surface area contributed by atoms with E-state index in [4.69, 9.17) is 0 Å². The molecule has 2 nitrogen and oxygen atoms in total. The molecule has 0 radical (unpaired) electrons. The second-order valence-corrected chi connectivity index (χ2v) is 8.36. The van der Waals surface area contributed by atoms with E-state index in [-0.39, 0.29) is 0 Å². The fourth-order valence-electron chi connectivity index (χ4n) is 3.10. The van der Waals surface area contributed by atoms with E-state index in [0.717, 1.165) is 10.6 Å². The maximum atomic E-state index is 9.65. The first-order valence-corrected chi connectivity index (χ1v) is 9.78. The van der Waals surface area contributed by atoms with Crippen LogP contribution < -0.4 is 15.9 Å². The summed E-state index contributed by atoms with van der Waals surface area (Å²) in [5.74, 6) is 0. The third-order valence-electron chi connectivity index (χ3n) is 4.80. The Labute approximate surface area is 156 Å². The average Bonchev–Trinajstić information content (AvgIpc) is 2.68. The Bertz CT molecular complexity index is 997. The molecule has 0 aliphatic heterocycles. The van der Waals surface area contributed by atoms with Gasteiger partial charge in [0.1, 0.15) is 0 Å². The fourth-order valence-corrected chi connectivity index (χ4v) is 5.81. The molecule has 0 amide bonds. The minimum atomic E-state index is -0.994. The maximum Gasteiger partial charge on any atom is 0.0998 e. The predicted octanol–water partition coefficient (Wildman–Crippen LogP) is 4.11. The van der Waals surface area contributed by atoms with Gasteiger partial charge in [0.2, 0.25) is 0 Å². The number of nitrogens with zero attached hydrogens (tertiary/aromatic N) is 2. The van der Waals surface area contributed by atoms with Crippen molar-refractivity contribution in [2.45, 2.75) is 20.8 Å². The number of nitriles is 2. The van der Waals surface area contributed by atoms with Crippen molar-refractivity contribution < 1.29 is 0 Å². The van der Waals surface area contributed by atoms with Gasteiger partial charge < -0.3 is 0 Å². The van der Waals surface area contributed by atoms with Gasteiger partial charge in [-0.2, -0.15) is 10.5 Å². The molecule has 3 aromatic carbocycles. The molecule has 26 heavy (non-hydrogen) atoms. The third kappa shape index (κ3) is 3.13.